The molecule has 0 amide bonds. The molecule has 0 aliphatic carbocycles. The predicted octanol–water partition coefficient (Wildman–Crippen LogP) is 3.04. The fourth-order valence-electron chi connectivity index (χ4n) is 2.87. The van der Waals surface area contributed by atoms with Gasteiger partial charge in [-0.3, -0.25) is 4.79 Å². The SMILES string of the molecule is CC(=O)c1ccc(C2CNCCN2c2ccccc2)cc1. The molecule has 1 N–H and O–H groups in total. The molecule has 1 atom stereocenters. The highest BCUT2D eigenvalue weighted by Gasteiger charge is 2.23. The van der Waals surface area contributed by atoms with Gasteiger partial charge in [-0.15, -0.1) is 0 Å². The van der Waals surface area contributed by atoms with E-state index in [2.05, 4.69) is 46.6 Å². The first-order valence-corrected chi connectivity index (χ1v) is 7.39. The van der Waals surface area contributed by atoms with E-state index in [1.54, 1.807) is 6.92 Å². The van der Waals surface area contributed by atoms with Gasteiger partial charge in [0, 0.05) is 30.9 Å². The van der Waals surface area contributed by atoms with Gasteiger partial charge >= 0.3 is 0 Å². The Balaban J connectivity index is 1.89. The number of piperazine rings is 1. The smallest absolute Gasteiger partial charge is 0.159 e. The number of para-hydroxylation sites is 1. The lowest BCUT2D eigenvalue weighted by atomic mass is 10.00. The van der Waals surface area contributed by atoms with E-state index >= 15 is 0 Å². The molecule has 1 saturated heterocycles. The summed E-state index contributed by atoms with van der Waals surface area (Å²) < 4.78 is 0. The van der Waals surface area contributed by atoms with Gasteiger partial charge in [-0.2, -0.15) is 0 Å². The predicted molar refractivity (Wildman–Crippen MR) is 85.8 cm³/mol. The summed E-state index contributed by atoms with van der Waals surface area (Å²) in [5, 5.41) is 3.46. The van der Waals surface area contributed by atoms with Crippen LogP contribution in [0.1, 0.15) is 28.9 Å². The van der Waals surface area contributed by atoms with Gasteiger partial charge in [0.05, 0.1) is 6.04 Å². The minimum atomic E-state index is 0.114. The highest BCUT2D eigenvalue weighted by Crippen LogP contribution is 2.28. The number of ketones is 1. The van der Waals surface area contributed by atoms with Gasteiger partial charge in [0.15, 0.2) is 5.78 Å². The molecule has 2 aromatic carbocycles. The van der Waals surface area contributed by atoms with E-state index in [1.807, 2.05) is 18.2 Å². The first-order chi connectivity index (χ1) is 10.3. The molecule has 0 spiro atoms. The first-order valence-electron chi connectivity index (χ1n) is 7.39. The van der Waals surface area contributed by atoms with E-state index in [9.17, 15) is 4.79 Å². The Morgan fingerprint density at radius 1 is 1.10 bits per heavy atom. The van der Waals surface area contributed by atoms with E-state index in [0.29, 0.717) is 6.04 Å². The lowest BCUT2D eigenvalue weighted by Gasteiger charge is -2.38. The van der Waals surface area contributed by atoms with Gasteiger partial charge in [0.25, 0.3) is 0 Å². The van der Waals surface area contributed by atoms with Gasteiger partial charge in [-0.25, -0.2) is 0 Å². The Bertz CT molecular complexity index is 607. The highest BCUT2D eigenvalue weighted by molar-refractivity contribution is 5.94. The Morgan fingerprint density at radius 3 is 2.48 bits per heavy atom. The minimum absolute atomic E-state index is 0.114. The molecule has 2 aromatic rings. The number of rotatable bonds is 3. The topological polar surface area (TPSA) is 32.3 Å². The molecular formula is C18H20N2O. The largest absolute Gasteiger partial charge is 0.362 e. The number of anilines is 1. The molecule has 0 bridgehead atoms. The maximum absolute atomic E-state index is 11.4. The molecule has 0 radical (unpaired) electrons. The number of Topliss-reactive ketones (excluding diaryl/α,β-unsaturated/α-hetero) is 1. The normalized spacial score (nSPS) is 18.5. The Morgan fingerprint density at radius 2 is 1.81 bits per heavy atom. The van der Waals surface area contributed by atoms with Crippen LogP contribution in [-0.2, 0) is 0 Å². The summed E-state index contributed by atoms with van der Waals surface area (Å²) in [6.07, 6.45) is 0. The van der Waals surface area contributed by atoms with Gasteiger partial charge < -0.3 is 10.2 Å². The van der Waals surface area contributed by atoms with Crippen LogP contribution >= 0.6 is 0 Å². The summed E-state index contributed by atoms with van der Waals surface area (Å²) in [6.45, 7) is 4.52. The number of hydrogen-bond acceptors (Lipinski definition) is 3. The molecule has 3 nitrogen and oxygen atoms in total. The summed E-state index contributed by atoms with van der Waals surface area (Å²) >= 11 is 0. The molecule has 1 unspecified atom stereocenters. The third-order valence-electron chi connectivity index (χ3n) is 4.03. The average Bonchev–Trinajstić information content (AvgIpc) is 2.56. The maximum Gasteiger partial charge on any atom is 0.159 e. The summed E-state index contributed by atoms with van der Waals surface area (Å²) in [5.41, 5.74) is 3.27. The van der Waals surface area contributed by atoms with Crippen molar-refractivity contribution in [3.05, 3.63) is 65.7 Å². The Kier molecular flexibility index (Phi) is 4.02. The molecular weight excluding hydrogens is 260 g/mol. The van der Waals surface area contributed by atoms with Crippen molar-refractivity contribution in [1.29, 1.82) is 0 Å². The second-order valence-electron chi connectivity index (χ2n) is 5.43. The average molecular weight is 280 g/mol. The van der Waals surface area contributed by atoms with E-state index in [1.165, 1.54) is 11.3 Å². The summed E-state index contributed by atoms with van der Waals surface area (Å²) in [6, 6.07) is 18.8. The van der Waals surface area contributed by atoms with Crippen LogP contribution < -0.4 is 10.2 Å². The molecule has 3 heteroatoms. The second kappa shape index (κ2) is 6.10. The van der Waals surface area contributed by atoms with Crippen LogP contribution in [0.15, 0.2) is 54.6 Å². The lowest BCUT2D eigenvalue weighted by Crippen LogP contribution is -2.46. The molecule has 1 aliphatic heterocycles. The van der Waals surface area contributed by atoms with Crippen molar-refractivity contribution < 1.29 is 4.79 Å². The van der Waals surface area contributed by atoms with Crippen LogP contribution in [0.4, 0.5) is 5.69 Å². The van der Waals surface area contributed by atoms with Gasteiger partial charge in [0.1, 0.15) is 0 Å². The van der Waals surface area contributed by atoms with Crippen LogP contribution in [-0.4, -0.2) is 25.4 Å². The van der Waals surface area contributed by atoms with Crippen molar-refractivity contribution in [2.75, 3.05) is 24.5 Å². The van der Waals surface area contributed by atoms with Crippen LogP contribution in [0.5, 0.6) is 0 Å². The zero-order valence-electron chi connectivity index (χ0n) is 12.3. The first kappa shape index (κ1) is 13.8. The molecule has 0 saturated carbocycles. The standard InChI is InChI=1S/C18H20N2O/c1-14(21)15-7-9-16(10-8-15)18-13-19-11-12-20(18)17-5-3-2-4-6-17/h2-10,18-19H,11-13H2,1H3. The number of carbonyl (C=O) groups is 1. The van der Waals surface area contributed by atoms with Crippen LogP contribution in [0.2, 0.25) is 0 Å². The van der Waals surface area contributed by atoms with E-state index in [-0.39, 0.29) is 5.78 Å². The zero-order chi connectivity index (χ0) is 14.7. The molecule has 1 aliphatic rings. The number of nitrogens with zero attached hydrogens (tertiary/aromatic N) is 1. The van der Waals surface area contributed by atoms with E-state index in [0.717, 1.165) is 25.2 Å². The fraction of sp³-hybridized carbons (Fsp3) is 0.278. The van der Waals surface area contributed by atoms with E-state index in [4.69, 9.17) is 0 Å². The second-order valence-corrected chi connectivity index (χ2v) is 5.43. The fourth-order valence-corrected chi connectivity index (χ4v) is 2.87. The zero-order valence-corrected chi connectivity index (χ0v) is 12.3. The van der Waals surface area contributed by atoms with Crippen LogP contribution in [0, 0.1) is 0 Å². The van der Waals surface area contributed by atoms with Gasteiger partial charge in [-0.05, 0) is 24.6 Å². The van der Waals surface area contributed by atoms with Crippen LogP contribution in [0.3, 0.4) is 0 Å². The summed E-state index contributed by atoms with van der Waals surface area (Å²) in [7, 11) is 0. The van der Waals surface area contributed by atoms with Crippen molar-refractivity contribution in [1.82, 2.24) is 5.32 Å². The summed E-state index contributed by atoms with van der Waals surface area (Å²) in [4.78, 5) is 13.8. The molecule has 0 aromatic heterocycles. The van der Waals surface area contributed by atoms with Crippen molar-refractivity contribution in [3.63, 3.8) is 0 Å². The molecule has 108 valence electrons. The van der Waals surface area contributed by atoms with Crippen molar-refractivity contribution in [3.8, 4) is 0 Å². The number of carbonyl (C=O) groups excluding carboxylic acids is 1. The Labute approximate surface area is 125 Å². The number of benzene rings is 2. The maximum atomic E-state index is 11.4. The molecule has 1 fully saturated rings. The monoisotopic (exact) mass is 280 g/mol. The Hall–Kier alpha value is -2.13. The summed E-state index contributed by atoms with van der Waals surface area (Å²) in [5.74, 6) is 0.114. The molecule has 1 heterocycles. The third kappa shape index (κ3) is 2.98. The van der Waals surface area contributed by atoms with Crippen LogP contribution in [0.25, 0.3) is 0 Å². The van der Waals surface area contributed by atoms with Crippen molar-refractivity contribution in [2.45, 2.75) is 13.0 Å². The van der Waals surface area contributed by atoms with E-state index < -0.39 is 0 Å². The highest BCUT2D eigenvalue weighted by atomic mass is 16.1. The quantitative estimate of drug-likeness (QED) is 0.877. The third-order valence-corrected chi connectivity index (χ3v) is 4.03. The number of nitrogens with one attached hydrogen (secondary N) is 1. The lowest BCUT2D eigenvalue weighted by molar-refractivity contribution is 0.101. The number of hydrogen-bond donors (Lipinski definition) is 1. The van der Waals surface area contributed by atoms with Gasteiger partial charge in [0.2, 0.25) is 0 Å². The van der Waals surface area contributed by atoms with Crippen molar-refractivity contribution in [2.24, 2.45) is 0 Å². The van der Waals surface area contributed by atoms with Crippen molar-refractivity contribution >= 4 is 11.5 Å². The molecule has 21 heavy (non-hydrogen) atoms. The molecule has 3 rings (SSSR count). The minimum Gasteiger partial charge on any atom is -0.362 e. The van der Waals surface area contributed by atoms with Gasteiger partial charge in [-0.1, -0.05) is 42.5 Å².